The fourth-order valence-corrected chi connectivity index (χ4v) is 3.77. The van der Waals surface area contributed by atoms with E-state index in [1.165, 1.54) is 32.8 Å². The number of rotatable bonds is 6. The van der Waals surface area contributed by atoms with Crippen LogP contribution in [0.15, 0.2) is 18.2 Å². The van der Waals surface area contributed by atoms with Crippen LogP contribution in [0.3, 0.4) is 0 Å². The summed E-state index contributed by atoms with van der Waals surface area (Å²) in [6, 6.07) is 5.06. The van der Waals surface area contributed by atoms with Gasteiger partial charge in [-0.1, -0.05) is 25.0 Å². The van der Waals surface area contributed by atoms with Crippen molar-refractivity contribution in [3.05, 3.63) is 29.6 Å². The molecule has 106 valence electrons. The van der Waals surface area contributed by atoms with E-state index < -0.39 is 6.10 Å². The lowest BCUT2D eigenvalue weighted by Crippen LogP contribution is -2.16. The molecule has 0 bridgehead atoms. The van der Waals surface area contributed by atoms with Crippen molar-refractivity contribution in [1.82, 2.24) is 0 Å². The minimum absolute atomic E-state index is 0.244. The van der Waals surface area contributed by atoms with Crippen molar-refractivity contribution in [2.24, 2.45) is 0 Å². The van der Waals surface area contributed by atoms with Crippen LogP contribution in [0.25, 0.3) is 0 Å². The molecule has 1 N–H and O–H groups in total. The van der Waals surface area contributed by atoms with Gasteiger partial charge in [0.15, 0.2) is 11.6 Å². The second-order valence-corrected chi connectivity index (χ2v) is 6.36. The largest absolute Gasteiger partial charge is 0.494 e. The number of thioether (sulfide) groups is 1. The molecule has 1 aromatic carbocycles. The average molecular weight is 284 g/mol. The number of hydrogen-bond acceptors (Lipinski definition) is 3. The molecule has 0 radical (unpaired) electrons. The van der Waals surface area contributed by atoms with Crippen molar-refractivity contribution in [3.8, 4) is 5.75 Å². The number of hydrogen-bond donors (Lipinski definition) is 1. The van der Waals surface area contributed by atoms with E-state index in [0.29, 0.717) is 23.0 Å². The number of aliphatic hydroxyl groups is 1. The maximum absolute atomic E-state index is 13.9. The van der Waals surface area contributed by atoms with Crippen LogP contribution in [0.1, 0.15) is 31.2 Å². The lowest BCUT2D eigenvalue weighted by atomic mass is 10.1. The number of benzene rings is 1. The Morgan fingerprint density at radius 3 is 2.84 bits per heavy atom. The molecule has 0 amide bonds. The van der Waals surface area contributed by atoms with Gasteiger partial charge in [0.2, 0.25) is 0 Å². The SMILES string of the molecule is COc1cccc(CC(O)CSC2CCCC2)c1F. The Kier molecular flexibility index (Phi) is 5.52. The Morgan fingerprint density at radius 1 is 1.42 bits per heavy atom. The van der Waals surface area contributed by atoms with Crippen molar-refractivity contribution >= 4 is 11.8 Å². The predicted molar refractivity (Wildman–Crippen MR) is 77.4 cm³/mol. The highest BCUT2D eigenvalue weighted by Gasteiger charge is 2.18. The number of methoxy groups -OCH3 is 1. The highest BCUT2D eigenvalue weighted by molar-refractivity contribution is 7.99. The zero-order valence-corrected chi connectivity index (χ0v) is 12.1. The summed E-state index contributed by atoms with van der Waals surface area (Å²) in [5.74, 6) is 0.574. The first-order valence-electron chi connectivity index (χ1n) is 6.81. The van der Waals surface area contributed by atoms with Gasteiger partial charge in [-0.3, -0.25) is 0 Å². The maximum atomic E-state index is 13.9. The molecule has 1 fully saturated rings. The Bertz CT molecular complexity index is 405. The van der Waals surface area contributed by atoms with E-state index in [1.54, 1.807) is 18.2 Å². The average Bonchev–Trinajstić information content (AvgIpc) is 2.92. The number of aliphatic hydroxyl groups excluding tert-OH is 1. The zero-order chi connectivity index (χ0) is 13.7. The maximum Gasteiger partial charge on any atom is 0.168 e. The van der Waals surface area contributed by atoms with Crippen LogP contribution in [0.5, 0.6) is 5.75 Å². The van der Waals surface area contributed by atoms with Crippen molar-refractivity contribution < 1.29 is 14.2 Å². The summed E-state index contributed by atoms with van der Waals surface area (Å²) >= 11 is 1.82. The first-order chi connectivity index (χ1) is 9.20. The van der Waals surface area contributed by atoms with Gasteiger partial charge in [0.1, 0.15) is 0 Å². The molecule has 1 aliphatic carbocycles. The predicted octanol–water partition coefficient (Wildman–Crippen LogP) is 3.41. The van der Waals surface area contributed by atoms with Gasteiger partial charge >= 0.3 is 0 Å². The van der Waals surface area contributed by atoms with E-state index in [2.05, 4.69) is 0 Å². The third-order valence-corrected chi connectivity index (χ3v) is 5.07. The monoisotopic (exact) mass is 284 g/mol. The Balaban J connectivity index is 1.85. The van der Waals surface area contributed by atoms with Crippen LogP contribution < -0.4 is 4.74 Å². The van der Waals surface area contributed by atoms with E-state index in [9.17, 15) is 9.50 Å². The van der Waals surface area contributed by atoms with E-state index in [4.69, 9.17) is 4.74 Å². The van der Waals surface area contributed by atoms with Crippen molar-refractivity contribution in [3.63, 3.8) is 0 Å². The van der Waals surface area contributed by atoms with Crippen LogP contribution in [0, 0.1) is 5.82 Å². The van der Waals surface area contributed by atoms with Crippen molar-refractivity contribution in [2.45, 2.75) is 43.5 Å². The topological polar surface area (TPSA) is 29.5 Å². The summed E-state index contributed by atoms with van der Waals surface area (Å²) in [7, 11) is 1.45. The van der Waals surface area contributed by atoms with Crippen LogP contribution in [-0.4, -0.2) is 29.3 Å². The van der Waals surface area contributed by atoms with Crippen LogP contribution in [0.4, 0.5) is 4.39 Å². The molecule has 0 spiro atoms. The molecule has 0 heterocycles. The first kappa shape index (κ1) is 14.7. The van der Waals surface area contributed by atoms with Gasteiger partial charge in [-0.2, -0.15) is 11.8 Å². The molecule has 1 saturated carbocycles. The molecule has 2 rings (SSSR count). The molecule has 0 saturated heterocycles. The molecule has 2 nitrogen and oxygen atoms in total. The normalized spacial score (nSPS) is 17.6. The Hall–Kier alpha value is -0.740. The second-order valence-electron chi connectivity index (χ2n) is 5.03. The highest BCUT2D eigenvalue weighted by Crippen LogP contribution is 2.30. The fourth-order valence-electron chi connectivity index (χ4n) is 2.49. The van der Waals surface area contributed by atoms with Gasteiger partial charge in [0.25, 0.3) is 0 Å². The molecule has 19 heavy (non-hydrogen) atoms. The molecule has 4 heteroatoms. The third kappa shape index (κ3) is 4.11. The quantitative estimate of drug-likeness (QED) is 0.868. The zero-order valence-electron chi connectivity index (χ0n) is 11.3. The van der Waals surface area contributed by atoms with Crippen molar-refractivity contribution in [2.75, 3.05) is 12.9 Å². The van der Waals surface area contributed by atoms with E-state index in [1.807, 2.05) is 11.8 Å². The smallest absolute Gasteiger partial charge is 0.168 e. The third-order valence-electron chi connectivity index (χ3n) is 3.55. The molecule has 0 aliphatic heterocycles. The van der Waals surface area contributed by atoms with Gasteiger partial charge in [-0.25, -0.2) is 4.39 Å². The molecule has 0 aromatic heterocycles. The summed E-state index contributed by atoms with van der Waals surface area (Å²) in [5, 5.41) is 10.7. The summed E-state index contributed by atoms with van der Waals surface area (Å²) < 4.78 is 18.9. The lowest BCUT2D eigenvalue weighted by Gasteiger charge is -2.15. The van der Waals surface area contributed by atoms with E-state index in [0.717, 1.165) is 0 Å². The minimum Gasteiger partial charge on any atom is -0.494 e. The van der Waals surface area contributed by atoms with E-state index in [-0.39, 0.29) is 11.6 Å². The molecule has 1 unspecified atom stereocenters. The number of ether oxygens (including phenoxy) is 1. The standard InChI is InChI=1S/C15H21FO2S/c1-18-14-8-4-5-11(15(14)16)9-12(17)10-19-13-6-2-3-7-13/h4-5,8,12-13,17H,2-3,6-7,9-10H2,1H3. The fraction of sp³-hybridized carbons (Fsp3) is 0.600. The van der Waals surface area contributed by atoms with Crippen LogP contribution in [0.2, 0.25) is 0 Å². The second kappa shape index (κ2) is 7.15. The van der Waals surface area contributed by atoms with Gasteiger partial charge < -0.3 is 9.84 Å². The van der Waals surface area contributed by atoms with Crippen LogP contribution in [-0.2, 0) is 6.42 Å². The molecule has 1 atom stereocenters. The summed E-state index contributed by atoms with van der Waals surface area (Å²) in [6.45, 7) is 0. The Labute approximate surface area is 118 Å². The lowest BCUT2D eigenvalue weighted by molar-refractivity contribution is 0.198. The molecular weight excluding hydrogens is 263 g/mol. The molecule has 1 aromatic rings. The van der Waals surface area contributed by atoms with Gasteiger partial charge in [0.05, 0.1) is 13.2 Å². The van der Waals surface area contributed by atoms with Crippen LogP contribution >= 0.6 is 11.8 Å². The summed E-state index contributed by atoms with van der Waals surface area (Å²) in [6.07, 6.45) is 4.97. The van der Waals surface area contributed by atoms with Gasteiger partial charge in [0, 0.05) is 17.4 Å². The number of halogens is 1. The van der Waals surface area contributed by atoms with Gasteiger partial charge in [-0.15, -0.1) is 0 Å². The molecule has 1 aliphatic rings. The first-order valence-corrected chi connectivity index (χ1v) is 7.86. The molecular formula is C15H21FO2S. The highest BCUT2D eigenvalue weighted by atomic mass is 32.2. The summed E-state index contributed by atoms with van der Waals surface area (Å²) in [4.78, 5) is 0. The summed E-state index contributed by atoms with van der Waals surface area (Å²) in [5.41, 5.74) is 0.527. The minimum atomic E-state index is -0.493. The Morgan fingerprint density at radius 2 is 2.16 bits per heavy atom. The van der Waals surface area contributed by atoms with Crippen molar-refractivity contribution in [1.29, 1.82) is 0 Å². The van der Waals surface area contributed by atoms with E-state index >= 15 is 0 Å². The van der Waals surface area contributed by atoms with Gasteiger partial charge in [-0.05, 0) is 24.5 Å².